The van der Waals surface area contributed by atoms with Gasteiger partial charge >= 0.3 is 6.18 Å². The van der Waals surface area contributed by atoms with Gasteiger partial charge in [-0.25, -0.2) is 8.78 Å². The molecule has 0 bridgehead atoms. The van der Waals surface area contributed by atoms with Crippen molar-refractivity contribution >= 4 is 5.91 Å². The summed E-state index contributed by atoms with van der Waals surface area (Å²) in [6.45, 7) is 2.10. The maximum atomic E-state index is 13.6. The molecule has 0 saturated heterocycles. The third-order valence-electron chi connectivity index (χ3n) is 5.30. The standard InChI is InChI=1S/C22H18F5N3O/c1-13(31)29-6-5-20-19(12-29)21(15-3-2-4-16(9-15)22(25,26)27)28-30(20)11-14-7-17(23)10-18(24)8-14/h2-4,7-10H,5-6,11-12H2,1H3. The molecule has 2 heterocycles. The number of aromatic nitrogens is 2. The Labute approximate surface area is 174 Å². The Morgan fingerprint density at radius 2 is 1.81 bits per heavy atom. The topological polar surface area (TPSA) is 38.1 Å². The molecule has 2 aromatic carbocycles. The summed E-state index contributed by atoms with van der Waals surface area (Å²) in [5.41, 5.74) is 1.49. The maximum absolute atomic E-state index is 13.6. The molecule has 0 aliphatic carbocycles. The van der Waals surface area contributed by atoms with Gasteiger partial charge in [0.1, 0.15) is 11.6 Å². The minimum absolute atomic E-state index is 0.0516. The Bertz CT molecular complexity index is 1130. The molecule has 3 aromatic rings. The van der Waals surface area contributed by atoms with Crippen molar-refractivity contribution in [2.75, 3.05) is 6.54 Å². The zero-order chi connectivity index (χ0) is 22.3. The van der Waals surface area contributed by atoms with Gasteiger partial charge in [-0.1, -0.05) is 12.1 Å². The van der Waals surface area contributed by atoms with Crippen molar-refractivity contribution < 1.29 is 26.7 Å². The number of alkyl halides is 3. The summed E-state index contributed by atoms with van der Waals surface area (Å²) in [7, 11) is 0. The van der Waals surface area contributed by atoms with E-state index in [2.05, 4.69) is 5.10 Å². The van der Waals surface area contributed by atoms with E-state index in [1.54, 1.807) is 9.58 Å². The van der Waals surface area contributed by atoms with Crippen LogP contribution in [0.4, 0.5) is 22.0 Å². The highest BCUT2D eigenvalue weighted by Crippen LogP contribution is 2.35. The molecule has 0 atom stereocenters. The quantitative estimate of drug-likeness (QED) is 0.555. The van der Waals surface area contributed by atoms with Gasteiger partial charge in [0.05, 0.1) is 17.8 Å². The summed E-state index contributed by atoms with van der Waals surface area (Å²) in [5, 5.41) is 4.50. The monoisotopic (exact) mass is 435 g/mol. The van der Waals surface area contributed by atoms with Crippen LogP contribution in [0.2, 0.25) is 0 Å². The van der Waals surface area contributed by atoms with Crippen molar-refractivity contribution in [3.05, 3.63) is 76.5 Å². The van der Waals surface area contributed by atoms with Crippen LogP contribution in [-0.2, 0) is 30.5 Å². The van der Waals surface area contributed by atoms with Crippen molar-refractivity contribution in [1.29, 1.82) is 0 Å². The molecule has 1 aliphatic rings. The minimum Gasteiger partial charge on any atom is -0.338 e. The maximum Gasteiger partial charge on any atom is 0.416 e. The molecule has 1 aliphatic heterocycles. The normalized spacial score (nSPS) is 13.9. The first-order valence-electron chi connectivity index (χ1n) is 9.58. The number of hydrogen-bond acceptors (Lipinski definition) is 2. The molecule has 0 fully saturated rings. The van der Waals surface area contributed by atoms with Gasteiger partial charge < -0.3 is 4.90 Å². The number of amides is 1. The third kappa shape index (κ3) is 4.30. The van der Waals surface area contributed by atoms with Gasteiger partial charge in [0, 0.05) is 49.3 Å². The van der Waals surface area contributed by atoms with Crippen molar-refractivity contribution in [2.45, 2.75) is 32.6 Å². The zero-order valence-electron chi connectivity index (χ0n) is 16.5. The average Bonchev–Trinajstić information content (AvgIpc) is 3.04. The van der Waals surface area contributed by atoms with E-state index in [4.69, 9.17) is 0 Å². The molecule has 1 aromatic heterocycles. The lowest BCUT2D eigenvalue weighted by molar-refractivity contribution is -0.137. The second-order valence-corrected chi connectivity index (χ2v) is 7.48. The Morgan fingerprint density at radius 1 is 1.10 bits per heavy atom. The smallest absolute Gasteiger partial charge is 0.338 e. The second-order valence-electron chi connectivity index (χ2n) is 7.48. The fraction of sp³-hybridized carbons (Fsp3) is 0.273. The van der Waals surface area contributed by atoms with E-state index in [1.165, 1.54) is 31.2 Å². The van der Waals surface area contributed by atoms with E-state index in [-0.39, 0.29) is 24.6 Å². The van der Waals surface area contributed by atoms with Gasteiger partial charge in [0.2, 0.25) is 5.91 Å². The van der Waals surface area contributed by atoms with Crippen molar-refractivity contribution in [3.63, 3.8) is 0 Å². The molecule has 4 nitrogen and oxygen atoms in total. The summed E-state index contributed by atoms with van der Waals surface area (Å²) < 4.78 is 68.4. The molecule has 0 N–H and O–H groups in total. The molecule has 162 valence electrons. The average molecular weight is 435 g/mol. The van der Waals surface area contributed by atoms with Gasteiger partial charge in [-0.3, -0.25) is 9.48 Å². The van der Waals surface area contributed by atoms with Crippen LogP contribution in [0.25, 0.3) is 11.3 Å². The number of nitrogens with zero attached hydrogens (tertiary/aromatic N) is 3. The molecule has 0 radical (unpaired) electrons. The first-order valence-corrected chi connectivity index (χ1v) is 9.58. The van der Waals surface area contributed by atoms with Crippen LogP contribution in [0.3, 0.4) is 0 Å². The fourth-order valence-corrected chi connectivity index (χ4v) is 3.84. The number of fused-ring (bicyclic) bond motifs is 1. The molecule has 0 saturated carbocycles. The van der Waals surface area contributed by atoms with Crippen LogP contribution < -0.4 is 0 Å². The number of halogens is 5. The molecule has 0 unspecified atom stereocenters. The summed E-state index contributed by atoms with van der Waals surface area (Å²) in [6.07, 6.45) is -4.08. The highest BCUT2D eigenvalue weighted by Gasteiger charge is 2.32. The van der Waals surface area contributed by atoms with Crippen molar-refractivity contribution in [3.8, 4) is 11.3 Å². The molecular formula is C22H18F5N3O. The van der Waals surface area contributed by atoms with E-state index < -0.39 is 23.4 Å². The number of carbonyl (C=O) groups excluding carboxylic acids is 1. The highest BCUT2D eigenvalue weighted by molar-refractivity contribution is 5.74. The second kappa shape index (κ2) is 7.79. The molecule has 0 spiro atoms. The highest BCUT2D eigenvalue weighted by atomic mass is 19.4. The van der Waals surface area contributed by atoms with E-state index in [0.717, 1.165) is 23.9 Å². The minimum atomic E-state index is -4.51. The van der Waals surface area contributed by atoms with E-state index in [9.17, 15) is 26.7 Å². The van der Waals surface area contributed by atoms with E-state index in [1.807, 2.05) is 0 Å². The van der Waals surface area contributed by atoms with Gasteiger partial charge in [-0.2, -0.15) is 18.3 Å². The lowest BCUT2D eigenvalue weighted by Crippen LogP contribution is -2.34. The SMILES string of the molecule is CC(=O)N1CCc2c(c(-c3cccc(C(F)(F)F)c3)nn2Cc2cc(F)cc(F)c2)C1. The van der Waals surface area contributed by atoms with E-state index >= 15 is 0 Å². The van der Waals surface area contributed by atoms with Crippen LogP contribution >= 0.6 is 0 Å². The lowest BCUT2D eigenvalue weighted by Gasteiger charge is -2.27. The van der Waals surface area contributed by atoms with Gasteiger partial charge in [-0.05, 0) is 29.8 Å². The molecule has 31 heavy (non-hydrogen) atoms. The first kappa shape index (κ1) is 21.0. The van der Waals surface area contributed by atoms with Gasteiger partial charge in [0.25, 0.3) is 0 Å². The summed E-state index contributed by atoms with van der Waals surface area (Å²) in [4.78, 5) is 13.5. The number of hydrogen-bond donors (Lipinski definition) is 0. The van der Waals surface area contributed by atoms with Crippen LogP contribution in [0.5, 0.6) is 0 Å². The predicted octanol–water partition coefficient (Wildman–Crippen LogP) is 4.80. The summed E-state index contributed by atoms with van der Waals surface area (Å²) >= 11 is 0. The molecule has 1 amide bonds. The van der Waals surface area contributed by atoms with Crippen LogP contribution in [0.1, 0.15) is 29.3 Å². The Hall–Kier alpha value is -3.23. The van der Waals surface area contributed by atoms with Gasteiger partial charge in [0.15, 0.2) is 0 Å². The predicted molar refractivity (Wildman–Crippen MR) is 103 cm³/mol. The van der Waals surface area contributed by atoms with Crippen molar-refractivity contribution in [1.82, 2.24) is 14.7 Å². The van der Waals surface area contributed by atoms with Crippen LogP contribution in [0.15, 0.2) is 42.5 Å². The van der Waals surface area contributed by atoms with Crippen LogP contribution in [0, 0.1) is 11.6 Å². The van der Waals surface area contributed by atoms with E-state index in [0.29, 0.717) is 29.8 Å². The Balaban J connectivity index is 1.81. The number of benzene rings is 2. The molecular weight excluding hydrogens is 417 g/mol. The zero-order valence-corrected chi connectivity index (χ0v) is 16.5. The Morgan fingerprint density at radius 3 is 2.45 bits per heavy atom. The van der Waals surface area contributed by atoms with Crippen LogP contribution in [-0.4, -0.2) is 27.1 Å². The summed E-state index contributed by atoms with van der Waals surface area (Å²) in [6, 6.07) is 7.96. The van der Waals surface area contributed by atoms with Gasteiger partial charge in [-0.15, -0.1) is 0 Å². The number of carbonyl (C=O) groups is 1. The summed E-state index contributed by atoms with van der Waals surface area (Å²) in [5.74, 6) is -1.60. The first-order chi connectivity index (χ1) is 14.6. The third-order valence-corrected chi connectivity index (χ3v) is 5.30. The van der Waals surface area contributed by atoms with Crippen molar-refractivity contribution in [2.24, 2.45) is 0 Å². The lowest BCUT2D eigenvalue weighted by atomic mass is 9.99. The largest absolute Gasteiger partial charge is 0.416 e. The molecule has 4 rings (SSSR count). The number of rotatable bonds is 3. The Kier molecular flexibility index (Phi) is 5.28. The fourth-order valence-electron chi connectivity index (χ4n) is 3.84. The molecule has 9 heteroatoms.